The van der Waals surface area contributed by atoms with Crippen molar-refractivity contribution in [1.29, 1.82) is 0 Å². The first-order valence-corrected chi connectivity index (χ1v) is 47.0. The summed E-state index contributed by atoms with van der Waals surface area (Å²) in [6.07, 6.45) is 10.3. The fraction of sp³-hybridized carbons (Fsp3) is 0.871. The number of hydrogen-bond donors (Lipinski definition) is 0. The molecule has 0 aromatic carbocycles. The van der Waals surface area contributed by atoms with Crippen molar-refractivity contribution in [2.75, 3.05) is 34.5 Å². The molecule has 12 aliphatic heterocycles. The molecule has 0 aromatic rings. The van der Waals surface area contributed by atoms with Crippen LogP contribution in [0.1, 0.15) is 325 Å². The summed E-state index contributed by atoms with van der Waals surface area (Å²) in [6.45, 7) is 42.5. The molecule has 0 N–H and O–H groups in total. The van der Waals surface area contributed by atoms with Crippen LogP contribution < -0.4 is 0 Å². The quantitative estimate of drug-likeness (QED) is 0.0964. The topological polar surface area (TPSA) is 407 Å². The predicted octanol–water partition coefficient (Wildman–Crippen LogP) is 16.1. The highest BCUT2D eigenvalue weighted by molar-refractivity contribution is 5.88. The molecule has 6 aliphatic carbocycles. The van der Waals surface area contributed by atoms with Crippen LogP contribution in [0.2, 0.25) is 0 Å². The number of methoxy groups -OCH3 is 3. The normalized spacial score (nSPS) is 34.4. The maximum absolute atomic E-state index is 12.4. The molecule has 18 rings (SSSR count). The van der Waals surface area contributed by atoms with Crippen molar-refractivity contribution in [3.63, 3.8) is 0 Å². The Morgan fingerprint density at radius 1 is 0.351 bits per heavy atom. The van der Waals surface area contributed by atoms with Gasteiger partial charge in [-0.1, -0.05) is 119 Å². The Bertz CT molecular complexity index is 3960. The van der Waals surface area contributed by atoms with Crippen molar-refractivity contribution in [2.45, 2.75) is 435 Å². The molecule has 33 nitrogen and oxygen atoms in total. The third-order valence-electron chi connectivity index (χ3n) is 30.3. The van der Waals surface area contributed by atoms with Crippen molar-refractivity contribution in [1.82, 2.24) is 0 Å². The summed E-state index contributed by atoms with van der Waals surface area (Å²) < 4.78 is 108. The Morgan fingerprint density at radius 3 is 1.25 bits per heavy atom. The van der Waals surface area contributed by atoms with Gasteiger partial charge in [-0.2, -0.15) is 0 Å². The molecule has 1 spiro atoms. The minimum absolute atomic E-state index is 0. The van der Waals surface area contributed by atoms with Gasteiger partial charge in [0, 0.05) is 36.5 Å². The summed E-state index contributed by atoms with van der Waals surface area (Å²) in [5.74, 6) is -3.13. The average molecular weight is 1910 g/mol. The van der Waals surface area contributed by atoms with Crippen LogP contribution in [-0.4, -0.2) is 222 Å². The molecule has 0 radical (unpaired) electrons. The Balaban J connectivity index is 0.000000325. The van der Waals surface area contributed by atoms with E-state index in [4.69, 9.17) is 85.3 Å². The van der Waals surface area contributed by atoms with Crippen LogP contribution in [0.15, 0.2) is 0 Å². The Kier molecular flexibility index (Phi) is 42.4. The first-order chi connectivity index (χ1) is 60.1. The number of fused-ring (bicyclic) bond motifs is 14. The number of carbonyl (C=O) groups is 13. The molecule has 18 aliphatic rings. The standard InChI is InChI=1S/C18H26O7.C16H22O6.C15H22O7.C13H18O5.C9H12O2.C8H12O2.2C7H14O2.C2H6.6CH4/c1-4-17(2,3)16(20)23-12-10-11(21-14(12)19)13-15(22-10)25-18(24-13)8-6-5-7-9-18;1-5-16(2,3)15(19)22-12-7-6-8-10(9(7)13(17)20-4)14(18)21-11(8)12;1-6-14(2,3)13(17)20-9-7-8(18-11(9)16)10-12(19-7)22-15(4,5)21-10;1-4-13(2,3)12(15)18-9-7-5-6-8(16-7)10(9)17-11(6)14;10-9-8-6-2-1-5(3-6)7(8)4-11-9;9-8-7-4-2-1-3-6(7)5-10-8;2*1-5-7(2,3)6(8)9-4;1-2;;;;;;/h10-13,15H,4-9H2,1-3H3;7-12H,5-6H2,1-4H3;7-10,12H,6H2,1-5H3;6-10H,4-5H2,1-3H3;5-8H,1-4H2;6-7H,1-5H2;2*5H2,1-4H3;1-2H3;6*1H4. The molecule has 6 saturated carbocycles. The highest BCUT2D eigenvalue weighted by atomic mass is 16.9. The number of hydrogen-bond acceptors (Lipinski definition) is 33. The third-order valence-corrected chi connectivity index (χ3v) is 30.3. The van der Waals surface area contributed by atoms with Gasteiger partial charge in [-0.3, -0.25) is 52.7 Å². The minimum atomic E-state index is -1.07. The van der Waals surface area contributed by atoms with E-state index >= 15 is 0 Å². The van der Waals surface area contributed by atoms with Crippen LogP contribution in [0.25, 0.3) is 0 Å². The smallest absolute Gasteiger partial charge is 0.350 e. The highest BCUT2D eigenvalue weighted by Gasteiger charge is 2.72. The van der Waals surface area contributed by atoms with Crippen LogP contribution in [-0.2, 0) is 157 Å². The lowest BCUT2D eigenvalue weighted by molar-refractivity contribution is -0.246. The van der Waals surface area contributed by atoms with Crippen LogP contribution in [0, 0.1) is 97.6 Å². The van der Waals surface area contributed by atoms with Crippen molar-refractivity contribution >= 4 is 77.6 Å². The molecule has 33 heteroatoms. The molecule has 18 fully saturated rings. The van der Waals surface area contributed by atoms with Gasteiger partial charge in [0.15, 0.2) is 60.8 Å². The molecule has 12 heterocycles. The molecule has 27 atom stereocenters. The Hall–Kier alpha value is -7.17. The zero-order valence-electron chi connectivity index (χ0n) is 80.1. The summed E-state index contributed by atoms with van der Waals surface area (Å²) in [5, 5.41) is 0. The van der Waals surface area contributed by atoms with Crippen LogP contribution >= 0.6 is 0 Å². The molecule has 27 unspecified atom stereocenters. The van der Waals surface area contributed by atoms with Gasteiger partial charge in [0.05, 0.1) is 103 Å². The van der Waals surface area contributed by atoms with Crippen LogP contribution in [0.5, 0.6) is 0 Å². The van der Waals surface area contributed by atoms with Gasteiger partial charge < -0.3 is 94.7 Å². The SMILES string of the molecule is C.C.C.C.C.C.CC.CCC(C)(C)C(=O)OC.CCC(C)(C)C(=O)OC.CCC(C)(C)C(=O)OC1C(=O)OC2C3OC(C)(C)OC3OC12.CCC(C)(C)C(=O)OC1C(=O)OC2C3OC4(CCCCC4)OC3OC12.CCC(C)(C)C(=O)OC1C2CC3C(=O)OC1C3O2.CCC(C)(C)C(=O)OC1C2CC3C1OC(=O)C3C2C(=O)OC.O=C1OCC2C3CCC(C3)C12.O=C1OCC2CCCCC12. The molecule has 772 valence electrons. The van der Waals surface area contributed by atoms with E-state index in [1.807, 2.05) is 111 Å². The molecular weight excluding hydrogens is 1740 g/mol. The van der Waals surface area contributed by atoms with E-state index in [0.29, 0.717) is 68.8 Å². The first-order valence-electron chi connectivity index (χ1n) is 47.0. The van der Waals surface area contributed by atoms with Crippen LogP contribution in [0.4, 0.5) is 0 Å². The number of rotatable bonds is 17. The van der Waals surface area contributed by atoms with E-state index in [2.05, 4.69) is 9.47 Å². The van der Waals surface area contributed by atoms with Crippen molar-refractivity contribution < 1.29 is 157 Å². The molecule has 12 saturated heterocycles. The van der Waals surface area contributed by atoms with Gasteiger partial charge in [-0.25, -0.2) is 9.59 Å². The minimum Gasteiger partial charge on any atom is -0.469 e. The average Bonchev–Trinajstić information content (AvgIpc) is 1.53. The lowest BCUT2D eigenvalue weighted by Gasteiger charge is -2.33. The number of cyclic esters (lactones) is 2. The Morgan fingerprint density at radius 2 is 0.784 bits per heavy atom. The molecular formula is C101H170O33. The van der Waals surface area contributed by atoms with E-state index < -0.39 is 161 Å². The van der Waals surface area contributed by atoms with Gasteiger partial charge in [0.25, 0.3) is 0 Å². The van der Waals surface area contributed by atoms with E-state index in [0.717, 1.165) is 57.5 Å². The van der Waals surface area contributed by atoms with Gasteiger partial charge >= 0.3 is 77.6 Å². The van der Waals surface area contributed by atoms with Gasteiger partial charge in [0.1, 0.15) is 30.5 Å². The van der Waals surface area contributed by atoms with Crippen molar-refractivity contribution in [3.8, 4) is 0 Å². The van der Waals surface area contributed by atoms with Gasteiger partial charge in [-0.15, -0.1) is 0 Å². The second kappa shape index (κ2) is 47.7. The largest absolute Gasteiger partial charge is 0.469 e. The lowest BCUT2D eigenvalue weighted by atomic mass is 9.78. The number of carbonyl (C=O) groups excluding carboxylic acids is 13. The molecule has 0 aromatic heterocycles. The summed E-state index contributed by atoms with van der Waals surface area (Å²) in [5.41, 5.74) is -3.05. The monoisotopic (exact) mass is 1910 g/mol. The highest BCUT2D eigenvalue weighted by Crippen LogP contribution is 2.60. The molecule has 134 heavy (non-hydrogen) atoms. The lowest BCUT2D eigenvalue weighted by Crippen LogP contribution is -2.45. The fourth-order valence-corrected chi connectivity index (χ4v) is 19.7. The summed E-state index contributed by atoms with van der Waals surface area (Å²) in [4.78, 5) is 153. The second-order valence-electron chi connectivity index (χ2n) is 41.2. The fourth-order valence-electron chi connectivity index (χ4n) is 19.7. The zero-order chi connectivity index (χ0) is 94.8. The van der Waals surface area contributed by atoms with E-state index in [-0.39, 0.29) is 139 Å². The summed E-state index contributed by atoms with van der Waals surface area (Å²) in [7, 11) is 4.15. The number of ether oxygens (including phenoxy) is 20. The van der Waals surface area contributed by atoms with Crippen molar-refractivity contribution in [2.24, 2.45) is 97.6 Å². The third kappa shape index (κ3) is 25.0. The maximum Gasteiger partial charge on any atom is 0.350 e. The number of esters is 13. The maximum atomic E-state index is 12.4. The van der Waals surface area contributed by atoms with E-state index in [9.17, 15) is 62.3 Å². The first kappa shape index (κ1) is 119. The van der Waals surface area contributed by atoms with E-state index in [1.54, 1.807) is 41.5 Å². The van der Waals surface area contributed by atoms with Crippen molar-refractivity contribution in [3.05, 3.63) is 0 Å². The van der Waals surface area contributed by atoms with E-state index in [1.165, 1.54) is 66.3 Å². The Labute approximate surface area is 798 Å². The predicted molar refractivity (Wildman–Crippen MR) is 491 cm³/mol. The van der Waals surface area contributed by atoms with Gasteiger partial charge in [-0.05, 0) is 205 Å². The zero-order valence-corrected chi connectivity index (χ0v) is 80.1. The summed E-state index contributed by atoms with van der Waals surface area (Å²) in [6, 6.07) is 0. The van der Waals surface area contributed by atoms with Gasteiger partial charge in [0.2, 0.25) is 12.2 Å². The summed E-state index contributed by atoms with van der Waals surface area (Å²) >= 11 is 0. The van der Waals surface area contributed by atoms with Crippen LogP contribution in [0.3, 0.4) is 0 Å². The molecule has 0 amide bonds. The second-order valence-corrected chi connectivity index (χ2v) is 41.2. The molecule has 6 bridgehead atoms.